The van der Waals surface area contributed by atoms with Crippen LogP contribution in [-0.2, 0) is 11.8 Å². The first-order valence-corrected chi connectivity index (χ1v) is 9.43. The lowest BCUT2D eigenvalue weighted by Gasteiger charge is -2.23. The summed E-state index contributed by atoms with van der Waals surface area (Å²) in [7, 11) is 0. The van der Waals surface area contributed by atoms with Crippen molar-refractivity contribution in [2.75, 3.05) is 0 Å². The second-order valence-electron chi connectivity index (χ2n) is 8.19. The van der Waals surface area contributed by atoms with Crippen molar-refractivity contribution in [2.24, 2.45) is 0 Å². The third-order valence-corrected chi connectivity index (χ3v) is 6.46. The minimum Gasteiger partial charge on any atom is -0.0619 e. The van der Waals surface area contributed by atoms with E-state index in [0.29, 0.717) is 0 Å². The van der Waals surface area contributed by atoms with Crippen molar-refractivity contribution in [3.8, 4) is 22.3 Å². The lowest BCUT2D eigenvalue weighted by Crippen LogP contribution is -2.15. The standard InChI is InChI=1S/C26H20/c1-26(2)22-14-12-18-15-17-8-4-5-9-19(17)23(18)24(22)21-13-11-16-7-3-6-10-20(16)25(21)26/h3-14H,15H2,1-2H3. The summed E-state index contributed by atoms with van der Waals surface area (Å²) < 4.78 is 0. The molecule has 0 saturated carbocycles. The van der Waals surface area contributed by atoms with Gasteiger partial charge in [-0.05, 0) is 61.7 Å². The molecule has 0 fully saturated rings. The number of rotatable bonds is 0. The largest absolute Gasteiger partial charge is 0.0619 e. The molecule has 0 aromatic heterocycles. The van der Waals surface area contributed by atoms with Gasteiger partial charge in [0.1, 0.15) is 0 Å². The average molecular weight is 332 g/mol. The molecule has 0 heterocycles. The minimum absolute atomic E-state index is 0.0259. The maximum Gasteiger partial charge on any atom is 0.0165 e. The fourth-order valence-electron chi connectivity index (χ4n) is 5.31. The summed E-state index contributed by atoms with van der Waals surface area (Å²) >= 11 is 0. The first-order chi connectivity index (χ1) is 12.7. The van der Waals surface area contributed by atoms with Crippen LogP contribution in [0.25, 0.3) is 33.0 Å². The monoisotopic (exact) mass is 332 g/mol. The maximum absolute atomic E-state index is 2.39. The Bertz CT molecular complexity index is 1220. The Kier molecular flexibility index (Phi) is 2.56. The van der Waals surface area contributed by atoms with Crippen molar-refractivity contribution < 1.29 is 0 Å². The molecular weight excluding hydrogens is 312 g/mol. The molecule has 0 unspecified atom stereocenters. The Hall–Kier alpha value is -2.86. The van der Waals surface area contributed by atoms with Crippen molar-refractivity contribution in [2.45, 2.75) is 25.7 Å². The van der Waals surface area contributed by atoms with Crippen LogP contribution in [0.4, 0.5) is 0 Å². The Morgan fingerprint density at radius 3 is 2.38 bits per heavy atom. The summed E-state index contributed by atoms with van der Waals surface area (Å²) in [5, 5.41) is 2.73. The zero-order valence-corrected chi connectivity index (χ0v) is 15.1. The predicted octanol–water partition coefficient (Wildman–Crippen LogP) is 6.72. The molecule has 0 atom stereocenters. The smallest absolute Gasteiger partial charge is 0.0165 e. The molecule has 4 aromatic carbocycles. The molecule has 0 radical (unpaired) electrons. The zero-order chi connectivity index (χ0) is 17.5. The molecule has 6 rings (SSSR count). The molecule has 0 amide bonds. The lowest BCUT2D eigenvalue weighted by molar-refractivity contribution is 0.666. The fourth-order valence-corrected chi connectivity index (χ4v) is 5.31. The van der Waals surface area contributed by atoms with Gasteiger partial charge in [0.25, 0.3) is 0 Å². The summed E-state index contributed by atoms with van der Waals surface area (Å²) in [6.07, 6.45) is 1.06. The molecule has 124 valence electrons. The Morgan fingerprint density at radius 1 is 0.654 bits per heavy atom. The molecule has 0 N–H and O–H groups in total. The van der Waals surface area contributed by atoms with Gasteiger partial charge >= 0.3 is 0 Å². The normalized spacial score (nSPS) is 15.5. The summed E-state index contributed by atoms with van der Waals surface area (Å²) in [6.45, 7) is 4.77. The second-order valence-corrected chi connectivity index (χ2v) is 8.19. The molecule has 0 nitrogen and oxygen atoms in total. The minimum atomic E-state index is 0.0259. The van der Waals surface area contributed by atoms with Crippen molar-refractivity contribution in [1.82, 2.24) is 0 Å². The lowest BCUT2D eigenvalue weighted by atomic mass is 9.80. The van der Waals surface area contributed by atoms with E-state index < -0.39 is 0 Å². The van der Waals surface area contributed by atoms with Crippen LogP contribution in [-0.4, -0.2) is 0 Å². The molecular formula is C26H20. The highest BCUT2D eigenvalue weighted by atomic mass is 14.4. The second kappa shape index (κ2) is 4.65. The summed E-state index contributed by atoms with van der Waals surface area (Å²) in [5.41, 5.74) is 11.7. The number of hydrogen-bond donors (Lipinski definition) is 0. The third kappa shape index (κ3) is 1.60. The average Bonchev–Trinajstić information content (AvgIpc) is 3.15. The SMILES string of the molecule is CC1(C)c2ccc3c(c2-c2ccc4ccccc4c21)-c1ccccc1C3. The van der Waals surface area contributed by atoms with Crippen molar-refractivity contribution in [1.29, 1.82) is 0 Å². The van der Waals surface area contributed by atoms with Crippen molar-refractivity contribution in [3.63, 3.8) is 0 Å². The Balaban J connectivity index is 1.78. The molecule has 0 saturated heterocycles. The van der Waals surface area contributed by atoms with E-state index in [-0.39, 0.29) is 5.41 Å². The first-order valence-electron chi connectivity index (χ1n) is 9.43. The van der Waals surface area contributed by atoms with Gasteiger partial charge in [-0.15, -0.1) is 0 Å². The maximum atomic E-state index is 2.39. The van der Waals surface area contributed by atoms with E-state index in [1.165, 1.54) is 55.3 Å². The topological polar surface area (TPSA) is 0 Å². The highest BCUT2D eigenvalue weighted by Crippen LogP contribution is 2.56. The molecule has 0 spiro atoms. The van der Waals surface area contributed by atoms with Gasteiger partial charge in [-0.1, -0.05) is 86.6 Å². The predicted molar refractivity (Wildman–Crippen MR) is 110 cm³/mol. The number of fused-ring (bicyclic) bond motifs is 9. The highest BCUT2D eigenvalue weighted by molar-refractivity contribution is 6.03. The van der Waals surface area contributed by atoms with Crippen molar-refractivity contribution >= 4 is 10.8 Å². The quantitative estimate of drug-likeness (QED) is 0.295. The van der Waals surface area contributed by atoms with Gasteiger partial charge in [-0.25, -0.2) is 0 Å². The molecule has 2 aliphatic rings. The summed E-state index contributed by atoms with van der Waals surface area (Å²) in [6, 6.07) is 27.1. The van der Waals surface area contributed by atoms with E-state index in [9.17, 15) is 0 Å². The van der Waals surface area contributed by atoms with E-state index in [0.717, 1.165) is 6.42 Å². The van der Waals surface area contributed by atoms with Crippen LogP contribution in [0, 0.1) is 0 Å². The van der Waals surface area contributed by atoms with Gasteiger partial charge in [0.2, 0.25) is 0 Å². The van der Waals surface area contributed by atoms with Gasteiger partial charge in [0.05, 0.1) is 0 Å². The van der Waals surface area contributed by atoms with Crippen LogP contribution in [0.1, 0.15) is 36.1 Å². The van der Waals surface area contributed by atoms with E-state index in [1.807, 2.05) is 0 Å². The zero-order valence-electron chi connectivity index (χ0n) is 15.1. The summed E-state index contributed by atoms with van der Waals surface area (Å²) in [5.74, 6) is 0. The fraction of sp³-hybridized carbons (Fsp3) is 0.154. The van der Waals surface area contributed by atoms with Crippen LogP contribution in [0.2, 0.25) is 0 Å². The van der Waals surface area contributed by atoms with Gasteiger partial charge in [-0.3, -0.25) is 0 Å². The van der Waals surface area contributed by atoms with Crippen LogP contribution in [0.3, 0.4) is 0 Å². The Morgan fingerprint density at radius 2 is 1.46 bits per heavy atom. The van der Waals surface area contributed by atoms with E-state index in [4.69, 9.17) is 0 Å². The molecule has 26 heavy (non-hydrogen) atoms. The summed E-state index contributed by atoms with van der Waals surface area (Å²) in [4.78, 5) is 0. The van der Waals surface area contributed by atoms with Gasteiger partial charge < -0.3 is 0 Å². The van der Waals surface area contributed by atoms with Crippen LogP contribution in [0.15, 0.2) is 72.8 Å². The van der Waals surface area contributed by atoms with Gasteiger partial charge in [0, 0.05) is 5.41 Å². The number of hydrogen-bond acceptors (Lipinski definition) is 0. The van der Waals surface area contributed by atoms with E-state index in [2.05, 4.69) is 86.6 Å². The van der Waals surface area contributed by atoms with Crippen LogP contribution >= 0.6 is 0 Å². The van der Waals surface area contributed by atoms with E-state index in [1.54, 1.807) is 0 Å². The Labute approximate surface area is 154 Å². The molecule has 4 aromatic rings. The van der Waals surface area contributed by atoms with Crippen molar-refractivity contribution in [3.05, 3.63) is 95.1 Å². The van der Waals surface area contributed by atoms with Crippen LogP contribution in [0.5, 0.6) is 0 Å². The van der Waals surface area contributed by atoms with Gasteiger partial charge in [0.15, 0.2) is 0 Å². The van der Waals surface area contributed by atoms with Crippen LogP contribution < -0.4 is 0 Å². The number of benzene rings is 4. The first kappa shape index (κ1) is 14.3. The highest BCUT2D eigenvalue weighted by Gasteiger charge is 2.39. The third-order valence-electron chi connectivity index (χ3n) is 6.46. The van der Waals surface area contributed by atoms with E-state index >= 15 is 0 Å². The molecule has 0 heteroatoms. The molecule has 0 aliphatic heterocycles. The van der Waals surface area contributed by atoms with Gasteiger partial charge in [-0.2, -0.15) is 0 Å². The molecule has 2 aliphatic carbocycles. The molecule has 0 bridgehead atoms.